The monoisotopic (exact) mass is 243 g/mol. The molecule has 0 fully saturated rings. The molecule has 5 nitrogen and oxygen atoms in total. The summed E-state index contributed by atoms with van der Waals surface area (Å²) in [6, 6.07) is 3.82. The first-order chi connectivity index (χ1) is 8.65. The molecule has 0 radical (unpaired) electrons. The minimum absolute atomic E-state index is 0.324. The summed E-state index contributed by atoms with van der Waals surface area (Å²) in [4.78, 5) is 16.9. The molecule has 2 rings (SSSR count). The van der Waals surface area contributed by atoms with Crippen LogP contribution in [0.2, 0.25) is 0 Å². The quantitative estimate of drug-likeness (QED) is 0.892. The van der Waals surface area contributed by atoms with E-state index in [1.54, 1.807) is 12.5 Å². The summed E-state index contributed by atoms with van der Waals surface area (Å²) in [5, 5.41) is 3.26. The molecule has 0 aliphatic heterocycles. The average Bonchev–Trinajstić information content (AvgIpc) is 2.37. The highest BCUT2D eigenvalue weighted by atomic mass is 15.0. The third kappa shape index (κ3) is 3.23. The van der Waals surface area contributed by atoms with E-state index in [4.69, 9.17) is 0 Å². The maximum absolute atomic E-state index is 4.48. The van der Waals surface area contributed by atoms with E-state index in [-0.39, 0.29) is 0 Å². The van der Waals surface area contributed by atoms with Crippen molar-refractivity contribution in [2.24, 2.45) is 0 Å². The van der Waals surface area contributed by atoms with Gasteiger partial charge in [-0.3, -0.25) is 0 Å². The molecule has 0 saturated carbocycles. The van der Waals surface area contributed by atoms with Gasteiger partial charge in [-0.25, -0.2) is 19.9 Å². The molecule has 0 aliphatic carbocycles. The standard InChI is InChI=1S/C13H17N5/c1-9(2)13-17-10(3)6-12(18-13)15-7-11-4-5-14-8-16-11/h4-6,8-9H,7H2,1-3H3,(H,15,17,18). The van der Waals surface area contributed by atoms with Crippen molar-refractivity contribution < 1.29 is 0 Å². The van der Waals surface area contributed by atoms with Gasteiger partial charge in [0.1, 0.15) is 18.0 Å². The first kappa shape index (κ1) is 12.4. The van der Waals surface area contributed by atoms with Gasteiger partial charge in [0.15, 0.2) is 0 Å². The third-order valence-corrected chi connectivity index (χ3v) is 2.48. The summed E-state index contributed by atoms with van der Waals surface area (Å²) in [6.45, 7) is 6.78. The number of rotatable bonds is 4. The second-order valence-corrected chi connectivity index (χ2v) is 4.46. The molecular formula is C13H17N5. The minimum Gasteiger partial charge on any atom is -0.364 e. The van der Waals surface area contributed by atoms with Crippen molar-refractivity contribution in [1.82, 2.24) is 19.9 Å². The predicted octanol–water partition coefficient (Wildman–Crippen LogP) is 2.31. The fraction of sp³-hybridized carbons (Fsp3) is 0.385. The van der Waals surface area contributed by atoms with Crippen LogP contribution < -0.4 is 5.32 Å². The maximum atomic E-state index is 4.48. The Morgan fingerprint density at radius 2 is 2.11 bits per heavy atom. The lowest BCUT2D eigenvalue weighted by molar-refractivity contribution is 0.766. The second-order valence-electron chi connectivity index (χ2n) is 4.46. The molecule has 1 N–H and O–H groups in total. The van der Waals surface area contributed by atoms with Crippen molar-refractivity contribution in [3.8, 4) is 0 Å². The van der Waals surface area contributed by atoms with Gasteiger partial charge in [0.2, 0.25) is 0 Å². The van der Waals surface area contributed by atoms with E-state index in [1.165, 1.54) is 0 Å². The van der Waals surface area contributed by atoms with E-state index in [0.29, 0.717) is 12.5 Å². The lowest BCUT2D eigenvalue weighted by atomic mass is 10.2. The number of hydrogen-bond acceptors (Lipinski definition) is 5. The molecule has 0 spiro atoms. The molecule has 0 bridgehead atoms. The van der Waals surface area contributed by atoms with Gasteiger partial charge in [-0.1, -0.05) is 13.8 Å². The number of nitrogens with zero attached hydrogens (tertiary/aromatic N) is 4. The van der Waals surface area contributed by atoms with Crippen molar-refractivity contribution in [3.63, 3.8) is 0 Å². The van der Waals surface area contributed by atoms with Crippen LogP contribution in [0.5, 0.6) is 0 Å². The summed E-state index contributed by atoms with van der Waals surface area (Å²) in [5.74, 6) is 2.02. The number of aromatic nitrogens is 4. The lowest BCUT2D eigenvalue weighted by Gasteiger charge is -2.09. The van der Waals surface area contributed by atoms with E-state index >= 15 is 0 Å². The molecule has 2 aromatic heterocycles. The highest BCUT2D eigenvalue weighted by Gasteiger charge is 2.06. The van der Waals surface area contributed by atoms with Gasteiger partial charge in [0.05, 0.1) is 12.2 Å². The SMILES string of the molecule is Cc1cc(NCc2ccncn2)nc(C(C)C)n1. The van der Waals surface area contributed by atoms with Crippen LogP contribution in [0.15, 0.2) is 24.7 Å². The molecule has 5 heteroatoms. The van der Waals surface area contributed by atoms with Gasteiger partial charge in [-0.15, -0.1) is 0 Å². The fourth-order valence-electron chi connectivity index (χ4n) is 1.54. The first-order valence-electron chi connectivity index (χ1n) is 5.99. The van der Waals surface area contributed by atoms with Crippen molar-refractivity contribution in [2.45, 2.75) is 33.2 Å². The Kier molecular flexibility index (Phi) is 3.82. The predicted molar refractivity (Wildman–Crippen MR) is 70.2 cm³/mol. The zero-order chi connectivity index (χ0) is 13.0. The van der Waals surface area contributed by atoms with Crippen LogP contribution in [-0.2, 0) is 6.54 Å². The zero-order valence-corrected chi connectivity index (χ0v) is 10.9. The normalized spacial score (nSPS) is 10.7. The Bertz CT molecular complexity index is 510. The second kappa shape index (κ2) is 5.53. The number of nitrogens with one attached hydrogen (secondary N) is 1. The van der Waals surface area contributed by atoms with Gasteiger partial charge in [-0.2, -0.15) is 0 Å². The van der Waals surface area contributed by atoms with Gasteiger partial charge >= 0.3 is 0 Å². The van der Waals surface area contributed by atoms with E-state index in [9.17, 15) is 0 Å². The largest absolute Gasteiger partial charge is 0.364 e. The van der Waals surface area contributed by atoms with E-state index in [2.05, 4.69) is 39.1 Å². The van der Waals surface area contributed by atoms with Crippen LogP contribution >= 0.6 is 0 Å². The summed E-state index contributed by atoms with van der Waals surface area (Å²) in [7, 11) is 0. The van der Waals surface area contributed by atoms with E-state index in [0.717, 1.165) is 23.0 Å². The highest BCUT2D eigenvalue weighted by Crippen LogP contribution is 2.13. The van der Waals surface area contributed by atoms with Crippen LogP contribution in [0.3, 0.4) is 0 Å². The van der Waals surface area contributed by atoms with Gasteiger partial charge < -0.3 is 5.32 Å². The molecule has 0 saturated heterocycles. The molecular weight excluding hydrogens is 226 g/mol. The first-order valence-corrected chi connectivity index (χ1v) is 5.99. The van der Waals surface area contributed by atoms with Crippen LogP contribution in [-0.4, -0.2) is 19.9 Å². The lowest BCUT2D eigenvalue weighted by Crippen LogP contribution is -2.07. The number of anilines is 1. The third-order valence-electron chi connectivity index (χ3n) is 2.48. The van der Waals surface area contributed by atoms with Gasteiger partial charge in [-0.05, 0) is 13.0 Å². The Morgan fingerprint density at radius 3 is 2.78 bits per heavy atom. The molecule has 2 aromatic rings. The maximum Gasteiger partial charge on any atom is 0.133 e. The van der Waals surface area contributed by atoms with Crippen molar-refractivity contribution >= 4 is 5.82 Å². The number of hydrogen-bond donors (Lipinski definition) is 1. The van der Waals surface area contributed by atoms with Crippen LogP contribution in [0, 0.1) is 6.92 Å². The smallest absolute Gasteiger partial charge is 0.133 e. The van der Waals surface area contributed by atoms with Crippen LogP contribution in [0.25, 0.3) is 0 Å². The molecule has 2 heterocycles. The van der Waals surface area contributed by atoms with Crippen molar-refractivity contribution in [2.75, 3.05) is 5.32 Å². The van der Waals surface area contributed by atoms with Crippen molar-refractivity contribution in [1.29, 1.82) is 0 Å². The Labute approximate surface area is 107 Å². The zero-order valence-electron chi connectivity index (χ0n) is 10.9. The minimum atomic E-state index is 0.324. The summed E-state index contributed by atoms with van der Waals surface area (Å²) < 4.78 is 0. The summed E-state index contributed by atoms with van der Waals surface area (Å²) in [6.07, 6.45) is 3.27. The van der Waals surface area contributed by atoms with Crippen LogP contribution in [0.1, 0.15) is 37.0 Å². The molecule has 0 atom stereocenters. The summed E-state index contributed by atoms with van der Waals surface area (Å²) in [5.41, 5.74) is 1.91. The molecule has 18 heavy (non-hydrogen) atoms. The van der Waals surface area contributed by atoms with Gasteiger partial charge in [0, 0.05) is 23.9 Å². The Balaban J connectivity index is 2.10. The van der Waals surface area contributed by atoms with Gasteiger partial charge in [0.25, 0.3) is 0 Å². The Hall–Kier alpha value is -2.04. The molecule has 0 aromatic carbocycles. The molecule has 0 amide bonds. The highest BCUT2D eigenvalue weighted by molar-refractivity contribution is 5.36. The molecule has 0 unspecified atom stereocenters. The van der Waals surface area contributed by atoms with E-state index in [1.807, 2.05) is 19.1 Å². The Morgan fingerprint density at radius 1 is 1.28 bits per heavy atom. The topological polar surface area (TPSA) is 63.6 Å². The van der Waals surface area contributed by atoms with E-state index < -0.39 is 0 Å². The molecule has 0 aliphatic rings. The summed E-state index contributed by atoms with van der Waals surface area (Å²) >= 11 is 0. The average molecular weight is 243 g/mol. The van der Waals surface area contributed by atoms with Crippen LogP contribution in [0.4, 0.5) is 5.82 Å². The fourth-order valence-corrected chi connectivity index (χ4v) is 1.54. The van der Waals surface area contributed by atoms with Crippen molar-refractivity contribution in [3.05, 3.63) is 41.9 Å². The molecule has 94 valence electrons. The number of aryl methyl sites for hydroxylation is 1.